The molecule has 0 radical (unpaired) electrons. The molecule has 0 saturated carbocycles. The van der Waals surface area contributed by atoms with Crippen molar-refractivity contribution in [2.45, 2.75) is 36.2 Å². The predicted octanol–water partition coefficient (Wildman–Crippen LogP) is 5.64. The summed E-state index contributed by atoms with van der Waals surface area (Å²) in [5.74, 6) is 0. The van der Waals surface area contributed by atoms with Crippen molar-refractivity contribution in [2.75, 3.05) is 0 Å². The molecular weight excluding hydrogens is 309 g/mol. The molecule has 1 nitrogen and oxygen atoms in total. The molecule has 2 aromatic rings. The molecule has 0 bridgehead atoms. The van der Waals surface area contributed by atoms with E-state index in [1.807, 2.05) is 18.2 Å². The molecule has 0 aliphatic rings. The van der Waals surface area contributed by atoms with Crippen LogP contribution in [0.25, 0.3) is 0 Å². The van der Waals surface area contributed by atoms with E-state index >= 15 is 0 Å². The van der Waals surface area contributed by atoms with E-state index in [1.54, 1.807) is 11.8 Å². The van der Waals surface area contributed by atoms with Crippen LogP contribution in [0.1, 0.15) is 19.4 Å². The zero-order valence-electron chi connectivity index (χ0n) is 11.5. The van der Waals surface area contributed by atoms with Gasteiger partial charge in [-0.1, -0.05) is 67.0 Å². The number of nitrogens with one attached hydrogen (secondary N) is 1. The fourth-order valence-electron chi connectivity index (χ4n) is 1.73. The lowest BCUT2D eigenvalue weighted by atomic mass is 10.2. The van der Waals surface area contributed by atoms with E-state index in [1.165, 1.54) is 10.5 Å². The van der Waals surface area contributed by atoms with E-state index in [0.717, 1.165) is 11.4 Å². The van der Waals surface area contributed by atoms with E-state index in [9.17, 15) is 0 Å². The Morgan fingerprint density at radius 3 is 2.50 bits per heavy atom. The van der Waals surface area contributed by atoms with E-state index in [2.05, 4.69) is 43.4 Å². The summed E-state index contributed by atoms with van der Waals surface area (Å²) in [6.07, 6.45) is 0. The Morgan fingerprint density at radius 1 is 1.05 bits per heavy atom. The topological polar surface area (TPSA) is 12.0 Å². The molecule has 0 aliphatic heterocycles. The first-order valence-electron chi connectivity index (χ1n) is 6.50. The highest BCUT2D eigenvalue weighted by Crippen LogP contribution is 2.34. The summed E-state index contributed by atoms with van der Waals surface area (Å²) in [6, 6.07) is 14.6. The predicted molar refractivity (Wildman–Crippen MR) is 89.0 cm³/mol. The van der Waals surface area contributed by atoms with Gasteiger partial charge < -0.3 is 5.32 Å². The zero-order valence-corrected chi connectivity index (χ0v) is 13.8. The van der Waals surface area contributed by atoms with Crippen molar-refractivity contribution in [3.05, 3.63) is 58.1 Å². The fraction of sp³-hybridized carbons (Fsp3) is 0.250. The molecule has 2 rings (SSSR count). The zero-order chi connectivity index (χ0) is 14.5. The van der Waals surface area contributed by atoms with Crippen LogP contribution < -0.4 is 5.32 Å². The van der Waals surface area contributed by atoms with Crippen LogP contribution in [-0.4, -0.2) is 6.04 Å². The molecule has 0 aliphatic carbocycles. The van der Waals surface area contributed by atoms with Crippen LogP contribution in [0.5, 0.6) is 0 Å². The van der Waals surface area contributed by atoms with Crippen LogP contribution in [0.2, 0.25) is 10.0 Å². The molecule has 0 saturated heterocycles. The molecule has 0 atom stereocenters. The quantitative estimate of drug-likeness (QED) is 0.763. The second kappa shape index (κ2) is 7.37. The molecule has 0 aromatic heterocycles. The van der Waals surface area contributed by atoms with Crippen molar-refractivity contribution in [2.24, 2.45) is 0 Å². The molecule has 1 N–H and O–H groups in total. The molecule has 0 fully saturated rings. The average Bonchev–Trinajstić information content (AvgIpc) is 2.42. The van der Waals surface area contributed by atoms with Crippen LogP contribution in [0.4, 0.5) is 0 Å². The molecule has 0 heterocycles. The second-order valence-corrected chi connectivity index (χ2v) is 6.75. The van der Waals surface area contributed by atoms with Gasteiger partial charge in [0.1, 0.15) is 0 Å². The van der Waals surface area contributed by atoms with Crippen LogP contribution in [-0.2, 0) is 6.54 Å². The van der Waals surface area contributed by atoms with Gasteiger partial charge in [-0.15, -0.1) is 0 Å². The van der Waals surface area contributed by atoms with Gasteiger partial charge in [-0.2, -0.15) is 0 Å². The highest BCUT2D eigenvalue weighted by molar-refractivity contribution is 7.99. The Kier molecular flexibility index (Phi) is 5.79. The van der Waals surface area contributed by atoms with E-state index in [0.29, 0.717) is 16.1 Å². The van der Waals surface area contributed by atoms with E-state index < -0.39 is 0 Å². The van der Waals surface area contributed by atoms with Gasteiger partial charge in [0.15, 0.2) is 0 Å². The van der Waals surface area contributed by atoms with Gasteiger partial charge in [0.2, 0.25) is 0 Å². The van der Waals surface area contributed by atoms with Crippen LogP contribution in [0, 0.1) is 0 Å². The molecule has 0 amide bonds. The summed E-state index contributed by atoms with van der Waals surface area (Å²) in [6.45, 7) is 5.16. The van der Waals surface area contributed by atoms with Crippen molar-refractivity contribution in [3.8, 4) is 0 Å². The van der Waals surface area contributed by atoms with Gasteiger partial charge in [-0.25, -0.2) is 0 Å². The molecule has 20 heavy (non-hydrogen) atoms. The van der Waals surface area contributed by atoms with Crippen LogP contribution in [0.15, 0.2) is 52.3 Å². The summed E-state index contributed by atoms with van der Waals surface area (Å²) in [7, 11) is 0. The summed E-state index contributed by atoms with van der Waals surface area (Å²) in [4.78, 5) is 2.33. The monoisotopic (exact) mass is 325 g/mol. The van der Waals surface area contributed by atoms with Gasteiger partial charge in [0.05, 0.1) is 10.0 Å². The fourth-order valence-corrected chi connectivity index (χ4v) is 3.08. The van der Waals surface area contributed by atoms with Crippen molar-refractivity contribution >= 4 is 35.0 Å². The standard InChI is InChI=1S/C16H17Cl2NS/c1-11(2)19-10-12-5-3-4-6-16(12)20-13-7-8-14(17)15(18)9-13/h3-9,11,19H,10H2,1-2H3. The number of hydrogen-bond acceptors (Lipinski definition) is 2. The largest absolute Gasteiger partial charge is 0.310 e. The maximum atomic E-state index is 6.06. The summed E-state index contributed by atoms with van der Waals surface area (Å²) >= 11 is 13.7. The molecule has 0 unspecified atom stereocenters. The van der Waals surface area contributed by atoms with Gasteiger partial charge >= 0.3 is 0 Å². The normalized spacial score (nSPS) is 11.1. The lowest BCUT2D eigenvalue weighted by Gasteiger charge is -2.12. The molecule has 106 valence electrons. The van der Waals surface area contributed by atoms with Gasteiger partial charge in [-0.05, 0) is 29.8 Å². The molecule has 4 heteroatoms. The van der Waals surface area contributed by atoms with Crippen molar-refractivity contribution in [1.29, 1.82) is 0 Å². The highest BCUT2D eigenvalue weighted by Gasteiger charge is 2.06. The number of benzene rings is 2. The van der Waals surface area contributed by atoms with Gasteiger partial charge in [0.25, 0.3) is 0 Å². The Bertz CT molecular complexity index is 584. The number of rotatable bonds is 5. The third kappa shape index (κ3) is 4.42. The Hall–Kier alpha value is -0.670. The lowest BCUT2D eigenvalue weighted by molar-refractivity contribution is 0.585. The highest BCUT2D eigenvalue weighted by atomic mass is 35.5. The first-order valence-corrected chi connectivity index (χ1v) is 8.07. The van der Waals surface area contributed by atoms with E-state index in [4.69, 9.17) is 23.2 Å². The van der Waals surface area contributed by atoms with Gasteiger partial charge in [0, 0.05) is 22.4 Å². The maximum Gasteiger partial charge on any atom is 0.0603 e. The second-order valence-electron chi connectivity index (χ2n) is 4.82. The van der Waals surface area contributed by atoms with Crippen molar-refractivity contribution in [1.82, 2.24) is 5.32 Å². The summed E-state index contributed by atoms with van der Waals surface area (Å²) < 4.78 is 0. The molecule has 0 spiro atoms. The first-order chi connectivity index (χ1) is 9.56. The molecule has 2 aromatic carbocycles. The third-order valence-corrected chi connectivity index (χ3v) is 4.64. The summed E-state index contributed by atoms with van der Waals surface area (Å²) in [5.41, 5.74) is 1.29. The lowest BCUT2D eigenvalue weighted by Crippen LogP contribution is -2.22. The Balaban J connectivity index is 2.17. The minimum atomic E-state index is 0.470. The summed E-state index contributed by atoms with van der Waals surface area (Å²) in [5, 5.41) is 4.63. The van der Waals surface area contributed by atoms with Crippen LogP contribution in [0.3, 0.4) is 0 Å². The average molecular weight is 326 g/mol. The van der Waals surface area contributed by atoms with Crippen molar-refractivity contribution < 1.29 is 0 Å². The number of hydrogen-bond donors (Lipinski definition) is 1. The Morgan fingerprint density at radius 2 is 1.80 bits per heavy atom. The van der Waals surface area contributed by atoms with E-state index in [-0.39, 0.29) is 0 Å². The molecular formula is C16H17Cl2NS. The maximum absolute atomic E-state index is 6.06. The minimum Gasteiger partial charge on any atom is -0.310 e. The third-order valence-electron chi connectivity index (χ3n) is 2.79. The number of halogens is 2. The Labute approximate surface area is 134 Å². The van der Waals surface area contributed by atoms with Crippen LogP contribution >= 0.6 is 35.0 Å². The minimum absolute atomic E-state index is 0.470. The first kappa shape index (κ1) is 15.7. The van der Waals surface area contributed by atoms with Gasteiger partial charge in [-0.3, -0.25) is 0 Å². The van der Waals surface area contributed by atoms with Crippen molar-refractivity contribution in [3.63, 3.8) is 0 Å². The SMILES string of the molecule is CC(C)NCc1ccccc1Sc1ccc(Cl)c(Cl)c1. The smallest absolute Gasteiger partial charge is 0.0603 e.